The Morgan fingerprint density at radius 1 is 0.833 bits per heavy atom. The van der Waals surface area contributed by atoms with E-state index in [-0.39, 0.29) is 11.8 Å². The van der Waals surface area contributed by atoms with Gasteiger partial charge in [-0.3, -0.25) is 14.5 Å². The number of nitrogens with one attached hydrogen (secondary N) is 1. The second-order valence-electron chi connectivity index (χ2n) is 12.1. The molecule has 8 nitrogen and oxygen atoms in total. The molecule has 1 heterocycles. The molecule has 12 heteroatoms. The Morgan fingerprint density at radius 3 is 1.81 bits per heavy atom. The van der Waals surface area contributed by atoms with Gasteiger partial charge in [-0.2, -0.15) is 0 Å². The van der Waals surface area contributed by atoms with Gasteiger partial charge in [-0.15, -0.1) is 23.5 Å². The second kappa shape index (κ2) is 18.1. The van der Waals surface area contributed by atoms with Gasteiger partial charge in [0.15, 0.2) is 5.78 Å². The highest BCUT2D eigenvalue weighted by Gasteiger charge is 2.44. The molecule has 1 fully saturated rings. The highest BCUT2D eigenvalue weighted by atomic mass is 32.2. The molecule has 3 aromatic carbocycles. The number of thioether (sulfide) groups is 2. The SMILES string of the molecule is CCCCCC(=O)N1CCN([C@H](C(=O)N[C@H](C(C)C)P(=O)(Oc2ccc(SC)cc2)Oc2ccc(SC)cc2)c2ccc(F)cc2)CC1. The van der Waals surface area contributed by atoms with Crippen molar-refractivity contribution in [2.24, 2.45) is 5.92 Å². The Kier molecular flexibility index (Phi) is 14.3. The van der Waals surface area contributed by atoms with Crippen LogP contribution < -0.4 is 14.4 Å². The van der Waals surface area contributed by atoms with E-state index in [1.807, 2.05) is 60.4 Å². The summed E-state index contributed by atoms with van der Waals surface area (Å²) in [4.78, 5) is 33.1. The van der Waals surface area contributed by atoms with E-state index in [1.165, 1.54) is 12.1 Å². The third-order valence-corrected chi connectivity index (χ3v) is 12.1. The quantitative estimate of drug-likeness (QED) is 0.0898. The number of rotatable bonds is 16. The predicted molar refractivity (Wildman–Crippen MR) is 194 cm³/mol. The molecule has 2 atom stereocenters. The molecule has 48 heavy (non-hydrogen) atoms. The van der Waals surface area contributed by atoms with Crippen molar-refractivity contribution in [3.05, 3.63) is 84.2 Å². The van der Waals surface area contributed by atoms with Crippen LogP contribution in [0.3, 0.4) is 0 Å². The normalized spacial score (nSPS) is 15.2. The van der Waals surface area contributed by atoms with Crippen LogP contribution in [0.2, 0.25) is 0 Å². The zero-order chi connectivity index (χ0) is 34.7. The lowest BCUT2D eigenvalue weighted by Gasteiger charge is -2.40. The Bertz CT molecular complexity index is 1460. The molecule has 0 aliphatic carbocycles. The van der Waals surface area contributed by atoms with E-state index in [0.29, 0.717) is 49.7 Å². The maximum absolute atomic E-state index is 15.0. The van der Waals surface area contributed by atoms with E-state index in [0.717, 1.165) is 29.1 Å². The van der Waals surface area contributed by atoms with Gasteiger partial charge in [0, 0.05) is 42.4 Å². The monoisotopic (exact) mass is 715 g/mol. The molecule has 260 valence electrons. The van der Waals surface area contributed by atoms with Crippen molar-refractivity contribution in [2.45, 2.75) is 68.1 Å². The number of amides is 2. The zero-order valence-electron chi connectivity index (χ0n) is 28.4. The molecular weight excluding hydrogens is 669 g/mol. The van der Waals surface area contributed by atoms with Gasteiger partial charge in [-0.1, -0.05) is 45.7 Å². The van der Waals surface area contributed by atoms with Gasteiger partial charge in [-0.25, -0.2) is 8.96 Å². The first-order valence-corrected chi connectivity index (χ1v) is 20.5. The fourth-order valence-electron chi connectivity index (χ4n) is 5.62. The molecule has 1 aliphatic rings. The van der Waals surface area contributed by atoms with Crippen molar-refractivity contribution in [3.8, 4) is 11.5 Å². The zero-order valence-corrected chi connectivity index (χ0v) is 30.9. The fraction of sp³-hybridized carbons (Fsp3) is 0.444. The van der Waals surface area contributed by atoms with E-state index in [9.17, 15) is 18.5 Å². The van der Waals surface area contributed by atoms with Crippen LogP contribution in [-0.4, -0.2) is 66.1 Å². The second-order valence-corrected chi connectivity index (χ2v) is 15.9. The number of hydrogen-bond acceptors (Lipinski definition) is 8. The number of carbonyl (C=O) groups excluding carboxylic acids is 2. The van der Waals surface area contributed by atoms with Crippen LogP contribution in [0.4, 0.5) is 4.39 Å². The number of nitrogens with zero attached hydrogens (tertiary/aromatic N) is 2. The van der Waals surface area contributed by atoms with E-state index in [2.05, 4.69) is 12.2 Å². The third-order valence-electron chi connectivity index (χ3n) is 8.31. The lowest BCUT2D eigenvalue weighted by Crippen LogP contribution is -2.53. The summed E-state index contributed by atoms with van der Waals surface area (Å²) >= 11 is 3.16. The Balaban J connectivity index is 1.63. The highest BCUT2D eigenvalue weighted by Crippen LogP contribution is 2.54. The molecule has 0 spiro atoms. The minimum Gasteiger partial charge on any atom is -0.415 e. The minimum absolute atomic E-state index is 0.122. The average Bonchev–Trinajstić information content (AvgIpc) is 3.09. The summed E-state index contributed by atoms with van der Waals surface area (Å²) in [5.41, 5.74) is 0.594. The van der Waals surface area contributed by atoms with E-state index >= 15 is 0 Å². The molecule has 1 aliphatic heterocycles. The fourth-order valence-corrected chi connectivity index (χ4v) is 8.55. The van der Waals surface area contributed by atoms with Crippen molar-refractivity contribution < 1.29 is 27.6 Å². The average molecular weight is 716 g/mol. The molecule has 0 aromatic heterocycles. The lowest BCUT2D eigenvalue weighted by molar-refractivity contribution is -0.134. The van der Waals surface area contributed by atoms with Crippen molar-refractivity contribution >= 4 is 42.9 Å². The number of unbranched alkanes of at least 4 members (excludes halogenated alkanes) is 2. The van der Waals surface area contributed by atoms with Gasteiger partial charge in [0.05, 0.1) is 0 Å². The summed E-state index contributed by atoms with van der Waals surface area (Å²) in [6.45, 7) is 7.68. The number of carbonyl (C=O) groups is 2. The first-order chi connectivity index (χ1) is 23.1. The van der Waals surface area contributed by atoms with Crippen molar-refractivity contribution in [1.29, 1.82) is 0 Å². The highest BCUT2D eigenvalue weighted by molar-refractivity contribution is 7.98. The molecule has 4 rings (SSSR count). The van der Waals surface area contributed by atoms with E-state index < -0.39 is 31.1 Å². The van der Waals surface area contributed by atoms with E-state index in [4.69, 9.17) is 9.05 Å². The summed E-state index contributed by atoms with van der Waals surface area (Å²) in [5.74, 6) is -1.38. The van der Waals surface area contributed by atoms with Gasteiger partial charge in [-0.05, 0) is 91.1 Å². The molecule has 0 saturated carbocycles. The smallest absolute Gasteiger partial charge is 0.415 e. The lowest BCUT2D eigenvalue weighted by atomic mass is 10.0. The van der Waals surface area contributed by atoms with Crippen molar-refractivity contribution in [2.75, 3.05) is 38.7 Å². The summed E-state index contributed by atoms with van der Waals surface area (Å²) in [7, 11) is -4.12. The first-order valence-electron chi connectivity index (χ1n) is 16.4. The Labute approximate surface area is 293 Å². The molecule has 1 saturated heterocycles. The number of hydrogen-bond donors (Lipinski definition) is 1. The summed E-state index contributed by atoms with van der Waals surface area (Å²) < 4.78 is 41.4. The van der Waals surface area contributed by atoms with Crippen LogP contribution in [0.1, 0.15) is 58.1 Å². The molecule has 0 unspecified atom stereocenters. The maximum atomic E-state index is 15.0. The minimum atomic E-state index is -4.12. The van der Waals surface area contributed by atoms with Gasteiger partial charge >= 0.3 is 7.60 Å². The topological polar surface area (TPSA) is 88.2 Å². The van der Waals surface area contributed by atoms with Gasteiger partial charge in [0.25, 0.3) is 0 Å². The first kappa shape index (κ1) is 37.8. The number of halogens is 1. The maximum Gasteiger partial charge on any atom is 0.453 e. The molecule has 3 aromatic rings. The number of benzene rings is 3. The van der Waals surface area contributed by atoms with Crippen molar-refractivity contribution in [3.63, 3.8) is 0 Å². The van der Waals surface area contributed by atoms with Gasteiger partial charge in [0.2, 0.25) is 11.8 Å². The Morgan fingerprint density at radius 2 is 1.35 bits per heavy atom. The molecular formula is C36H47FN3O5PS2. The largest absolute Gasteiger partial charge is 0.453 e. The van der Waals surface area contributed by atoms with Crippen LogP contribution in [0.5, 0.6) is 11.5 Å². The standard InChI is InChI=1S/C36H47FN3O5PS2/c1-6-7-8-9-33(41)39-22-24-40(25-23-39)34(27-10-12-28(37)13-11-27)35(42)38-36(26(2)3)46(43,44-29-14-18-31(47-4)19-15-29)45-30-16-20-32(48-5)21-17-30/h10-21,26,34,36H,6-9,22-25H2,1-5H3,(H,38,42)/t34-,36-/m0/s1. The van der Waals surface area contributed by atoms with Crippen molar-refractivity contribution in [1.82, 2.24) is 15.1 Å². The van der Waals surface area contributed by atoms with Crippen LogP contribution in [0.25, 0.3) is 0 Å². The Hall–Kier alpha value is -2.98. The van der Waals surface area contributed by atoms with Crippen LogP contribution in [0, 0.1) is 11.7 Å². The van der Waals surface area contributed by atoms with Crippen LogP contribution in [0.15, 0.2) is 82.6 Å². The molecule has 2 amide bonds. The van der Waals surface area contributed by atoms with Crippen LogP contribution >= 0.6 is 31.1 Å². The van der Waals surface area contributed by atoms with E-state index in [1.54, 1.807) is 59.9 Å². The molecule has 0 bridgehead atoms. The van der Waals surface area contributed by atoms with Gasteiger partial charge in [0.1, 0.15) is 23.4 Å². The third kappa shape index (κ3) is 10.3. The summed E-state index contributed by atoms with van der Waals surface area (Å²) in [6.07, 6.45) is 7.37. The van der Waals surface area contributed by atoms with Gasteiger partial charge < -0.3 is 19.3 Å². The van der Waals surface area contributed by atoms with Crippen LogP contribution in [-0.2, 0) is 14.2 Å². The molecule has 0 radical (unpaired) electrons. The summed E-state index contributed by atoms with van der Waals surface area (Å²) in [6, 6.07) is 19.5. The molecule has 1 N–H and O–H groups in total. The summed E-state index contributed by atoms with van der Waals surface area (Å²) in [5, 5.41) is 3.05. The number of piperazine rings is 1. The predicted octanol–water partition coefficient (Wildman–Crippen LogP) is 8.48.